The largest absolute Gasteiger partial charge is 0.354 e. The lowest BCUT2D eigenvalue weighted by atomic mass is 10.4. The first-order chi connectivity index (χ1) is 6.16. The van der Waals surface area contributed by atoms with Crippen LogP contribution in [-0.2, 0) is 15.6 Å². The van der Waals surface area contributed by atoms with Gasteiger partial charge in [0, 0.05) is 29.4 Å². The molecule has 1 atom stereocenters. The zero-order valence-electron chi connectivity index (χ0n) is 8.26. The van der Waals surface area contributed by atoms with Crippen molar-refractivity contribution in [3.63, 3.8) is 0 Å². The van der Waals surface area contributed by atoms with Gasteiger partial charge in [-0.3, -0.25) is 9.00 Å². The zero-order valence-corrected chi connectivity index (χ0v) is 9.08. The van der Waals surface area contributed by atoms with Gasteiger partial charge in [-0.05, 0) is 13.0 Å². The van der Waals surface area contributed by atoms with Crippen LogP contribution in [0.3, 0.4) is 0 Å². The molecular weight excluding hydrogens is 188 g/mol. The molecule has 0 heterocycles. The molecule has 0 fully saturated rings. The Morgan fingerprint density at radius 3 is 2.62 bits per heavy atom. The van der Waals surface area contributed by atoms with Gasteiger partial charge in [-0.25, -0.2) is 0 Å². The molecule has 0 aliphatic heterocycles. The van der Waals surface area contributed by atoms with Crippen molar-refractivity contribution in [2.45, 2.75) is 13.3 Å². The minimum absolute atomic E-state index is 0.0288. The van der Waals surface area contributed by atoms with Gasteiger partial charge >= 0.3 is 0 Å². The lowest BCUT2D eigenvalue weighted by molar-refractivity contribution is -0.120. The Balaban J connectivity index is 3.25. The molecule has 0 saturated heterocycles. The summed E-state index contributed by atoms with van der Waals surface area (Å²) in [7, 11) is -0.824. The van der Waals surface area contributed by atoms with Crippen LogP contribution in [0, 0.1) is 0 Å². The molecule has 0 aromatic rings. The average molecular weight is 206 g/mol. The molecule has 0 bridgehead atoms. The van der Waals surface area contributed by atoms with E-state index in [0.29, 0.717) is 18.8 Å². The second-order valence-electron chi connectivity index (χ2n) is 2.80. The standard InChI is InChI=1S/C8H18N2O2S/c1-3-4-9-7-8(11)10-5-6-13(2)12/h9H,3-7H2,1-2H3,(H,10,11). The van der Waals surface area contributed by atoms with Gasteiger partial charge < -0.3 is 10.6 Å². The first-order valence-electron chi connectivity index (χ1n) is 4.44. The van der Waals surface area contributed by atoms with Gasteiger partial charge in [0.25, 0.3) is 0 Å². The Bertz CT molecular complexity index is 174. The third-order valence-corrected chi connectivity index (χ3v) is 2.20. The van der Waals surface area contributed by atoms with E-state index in [-0.39, 0.29) is 5.91 Å². The van der Waals surface area contributed by atoms with E-state index in [1.54, 1.807) is 6.26 Å². The average Bonchev–Trinajstić information content (AvgIpc) is 2.04. The minimum atomic E-state index is -0.824. The van der Waals surface area contributed by atoms with Crippen molar-refractivity contribution < 1.29 is 9.00 Å². The summed E-state index contributed by atoms with van der Waals surface area (Å²) < 4.78 is 10.6. The van der Waals surface area contributed by atoms with Gasteiger partial charge in [0.15, 0.2) is 0 Å². The predicted octanol–water partition coefficient (Wildman–Crippen LogP) is -0.519. The minimum Gasteiger partial charge on any atom is -0.354 e. The molecule has 5 heteroatoms. The summed E-state index contributed by atoms with van der Waals surface area (Å²) in [5, 5.41) is 5.66. The summed E-state index contributed by atoms with van der Waals surface area (Å²) in [5.74, 6) is 0.499. The van der Waals surface area contributed by atoms with E-state index >= 15 is 0 Å². The second kappa shape index (κ2) is 8.19. The van der Waals surface area contributed by atoms with Crippen LogP contribution in [0.1, 0.15) is 13.3 Å². The predicted molar refractivity (Wildman–Crippen MR) is 55.1 cm³/mol. The normalized spacial score (nSPS) is 12.5. The first-order valence-corrected chi connectivity index (χ1v) is 6.17. The van der Waals surface area contributed by atoms with E-state index in [4.69, 9.17) is 0 Å². The first kappa shape index (κ1) is 12.6. The van der Waals surface area contributed by atoms with Crippen LogP contribution in [0.4, 0.5) is 0 Å². The molecule has 1 amide bonds. The van der Waals surface area contributed by atoms with E-state index < -0.39 is 10.8 Å². The smallest absolute Gasteiger partial charge is 0.233 e. The molecule has 4 nitrogen and oxygen atoms in total. The lowest BCUT2D eigenvalue weighted by Crippen LogP contribution is -2.36. The van der Waals surface area contributed by atoms with Gasteiger partial charge in [0.2, 0.25) is 5.91 Å². The molecule has 0 aromatic heterocycles. The van der Waals surface area contributed by atoms with Gasteiger partial charge in [0.1, 0.15) is 0 Å². The van der Waals surface area contributed by atoms with Crippen molar-refractivity contribution >= 4 is 16.7 Å². The summed E-state index contributed by atoms with van der Waals surface area (Å²) in [5.41, 5.74) is 0. The summed E-state index contributed by atoms with van der Waals surface area (Å²) in [6.45, 7) is 3.75. The van der Waals surface area contributed by atoms with Gasteiger partial charge in [-0.1, -0.05) is 6.92 Å². The van der Waals surface area contributed by atoms with Crippen LogP contribution in [0.25, 0.3) is 0 Å². The monoisotopic (exact) mass is 206 g/mol. The van der Waals surface area contributed by atoms with Crippen molar-refractivity contribution in [3.05, 3.63) is 0 Å². The third kappa shape index (κ3) is 9.49. The van der Waals surface area contributed by atoms with Crippen LogP contribution < -0.4 is 10.6 Å². The van der Waals surface area contributed by atoms with E-state index in [9.17, 15) is 9.00 Å². The van der Waals surface area contributed by atoms with Crippen LogP contribution in [-0.4, -0.2) is 41.8 Å². The van der Waals surface area contributed by atoms with Gasteiger partial charge in [-0.2, -0.15) is 0 Å². The Hall–Kier alpha value is -0.420. The maximum atomic E-state index is 11.0. The Kier molecular flexibility index (Phi) is 7.93. The SMILES string of the molecule is CCCNCC(=O)NCCS(C)=O. The topological polar surface area (TPSA) is 58.2 Å². The zero-order chi connectivity index (χ0) is 10.1. The fourth-order valence-corrected chi connectivity index (χ4v) is 1.16. The second-order valence-corrected chi connectivity index (χ2v) is 4.36. The van der Waals surface area contributed by atoms with Gasteiger partial charge in [-0.15, -0.1) is 0 Å². The lowest BCUT2D eigenvalue weighted by Gasteiger charge is -2.04. The third-order valence-electron chi connectivity index (χ3n) is 1.42. The van der Waals surface area contributed by atoms with Crippen molar-refractivity contribution in [2.75, 3.05) is 31.6 Å². The summed E-state index contributed by atoms with van der Waals surface area (Å²) in [6.07, 6.45) is 2.65. The van der Waals surface area contributed by atoms with Crippen LogP contribution in [0.5, 0.6) is 0 Å². The summed E-state index contributed by atoms with van der Waals surface area (Å²) >= 11 is 0. The molecule has 0 aliphatic carbocycles. The van der Waals surface area contributed by atoms with E-state index in [0.717, 1.165) is 13.0 Å². The number of rotatable bonds is 7. The molecular formula is C8H18N2O2S. The molecule has 0 spiro atoms. The van der Waals surface area contributed by atoms with Crippen molar-refractivity contribution in [1.29, 1.82) is 0 Å². The number of carbonyl (C=O) groups excluding carboxylic acids is 1. The van der Waals surface area contributed by atoms with Crippen LogP contribution in [0.15, 0.2) is 0 Å². The Morgan fingerprint density at radius 1 is 1.38 bits per heavy atom. The molecule has 0 radical (unpaired) electrons. The van der Waals surface area contributed by atoms with E-state index in [2.05, 4.69) is 10.6 Å². The van der Waals surface area contributed by atoms with Gasteiger partial charge in [0.05, 0.1) is 6.54 Å². The summed E-state index contributed by atoms with van der Waals surface area (Å²) in [4.78, 5) is 11.0. The highest BCUT2D eigenvalue weighted by molar-refractivity contribution is 7.84. The van der Waals surface area contributed by atoms with Crippen LogP contribution in [0.2, 0.25) is 0 Å². The van der Waals surface area contributed by atoms with E-state index in [1.807, 2.05) is 6.92 Å². The molecule has 13 heavy (non-hydrogen) atoms. The van der Waals surface area contributed by atoms with Crippen molar-refractivity contribution in [3.8, 4) is 0 Å². The number of amides is 1. The maximum Gasteiger partial charge on any atom is 0.233 e. The number of nitrogens with one attached hydrogen (secondary N) is 2. The molecule has 78 valence electrons. The molecule has 0 saturated carbocycles. The maximum absolute atomic E-state index is 11.0. The molecule has 0 rings (SSSR count). The van der Waals surface area contributed by atoms with E-state index in [1.165, 1.54) is 0 Å². The van der Waals surface area contributed by atoms with Crippen LogP contribution >= 0.6 is 0 Å². The highest BCUT2D eigenvalue weighted by Crippen LogP contribution is 1.73. The molecule has 2 N–H and O–H groups in total. The fraction of sp³-hybridized carbons (Fsp3) is 0.875. The van der Waals surface area contributed by atoms with Crippen molar-refractivity contribution in [2.24, 2.45) is 0 Å². The number of carbonyl (C=O) groups is 1. The molecule has 0 aliphatic rings. The molecule has 1 unspecified atom stereocenters. The highest BCUT2D eigenvalue weighted by atomic mass is 32.2. The Morgan fingerprint density at radius 2 is 2.08 bits per heavy atom. The fourth-order valence-electron chi connectivity index (χ4n) is 0.775. The quantitative estimate of drug-likeness (QED) is 0.551. The molecule has 0 aromatic carbocycles. The van der Waals surface area contributed by atoms with Crippen molar-refractivity contribution in [1.82, 2.24) is 10.6 Å². The Labute approximate surface area is 81.9 Å². The number of hydrogen-bond acceptors (Lipinski definition) is 3. The number of hydrogen-bond donors (Lipinski definition) is 2. The highest BCUT2D eigenvalue weighted by Gasteiger charge is 1.98. The summed E-state index contributed by atoms with van der Waals surface area (Å²) in [6, 6.07) is 0.